The van der Waals surface area contributed by atoms with Gasteiger partial charge in [0.15, 0.2) is 0 Å². The molecule has 1 heteroatoms. The first-order chi connectivity index (χ1) is 8.84. The molecule has 1 aliphatic heterocycles. The number of hydrogen-bond acceptors (Lipinski definition) is 1. The topological polar surface area (TPSA) is 3.24 Å². The molecule has 0 N–H and O–H groups in total. The van der Waals surface area contributed by atoms with Gasteiger partial charge in [0.1, 0.15) is 0 Å². The SMILES string of the molecule is CCCCN1CCC2(C=Cc3ccccc32)CC1. The van der Waals surface area contributed by atoms with Crippen molar-refractivity contribution in [1.82, 2.24) is 4.90 Å². The van der Waals surface area contributed by atoms with Gasteiger partial charge in [-0.2, -0.15) is 0 Å². The van der Waals surface area contributed by atoms with Gasteiger partial charge in [0.25, 0.3) is 0 Å². The van der Waals surface area contributed by atoms with Gasteiger partial charge in [-0.25, -0.2) is 0 Å². The van der Waals surface area contributed by atoms with E-state index in [-0.39, 0.29) is 0 Å². The van der Waals surface area contributed by atoms with Crippen molar-refractivity contribution < 1.29 is 0 Å². The van der Waals surface area contributed by atoms with E-state index in [1.165, 1.54) is 50.9 Å². The molecule has 0 unspecified atom stereocenters. The number of benzene rings is 1. The zero-order chi connectivity index (χ0) is 12.4. The van der Waals surface area contributed by atoms with Gasteiger partial charge in [-0.05, 0) is 50.0 Å². The van der Waals surface area contributed by atoms with E-state index in [2.05, 4.69) is 48.2 Å². The van der Waals surface area contributed by atoms with Crippen LogP contribution in [0.25, 0.3) is 6.08 Å². The fourth-order valence-corrected chi connectivity index (χ4v) is 3.43. The molecule has 1 spiro atoms. The predicted molar refractivity (Wildman–Crippen MR) is 77.7 cm³/mol. The highest BCUT2D eigenvalue weighted by Gasteiger charge is 2.37. The van der Waals surface area contributed by atoms with Crippen LogP contribution < -0.4 is 0 Å². The van der Waals surface area contributed by atoms with Crippen molar-refractivity contribution in [2.45, 2.75) is 38.0 Å². The summed E-state index contributed by atoms with van der Waals surface area (Å²) < 4.78 is 0. The minimum absolute atomic E-state index is 0.360. The molecule has 0 radical (unpaired) electrons. The lowest BCUT2D eigenvalue weighted by Crippen LogP contribution is -2.41. The normalized spacial score (nSPS) is 21.4. The van der Waals surface area contributed by atoms with Crippen LogP contribution in [-0.2, 0) is 5.41 Å². The number of nitrogens with zero attached hydrogens (tertiary/aromatic N) is 1. The predicted octanol–water partition coefficient (Wildman–Crippen LogP) is 3.85. The summed E-state index contributed by atoms with van der Waals surface area (Å²) in [6, 6.07) is 8.93. The number of fused-ring (bicyclic) bond motifs is 2. The zero-order valence-electron chi connectivity index (χ0n) is 11.4. The Bertz CT molecular complexity index is 439. The number of hydrogen-bond donors (Lipinski definition) is 0. The van der Waals surface area contributed by atoms with Crippen LogP contribution in [0, 0.1) is 0 Å². The third-order valence-corrected chi connectivity index (χ3v) is 4.66. The van der Waals surface area contributed by atoms with Gasteiger partial charge in [-0.15, -0.1) is 0 Å². The number of unbranched alkanes of at least 4 members (excludes halogenated alkanes) is 1. The van der Waals surface area contributed by atoms with Gasteiger partial charge in [0, 0.05) is 5.41 Å². The van der Waals surface area contributed by atoms with Crippen LogP contribution in [0.4, 0.5) is 0 Å². The lowest BCUT2D eigenvalue weighted by Gasteiger charge is -2.39. The van der Waals surface area contributed by atoms with E-state index in [1.807, 2.05) is 0 Å². The Morgan fingerprint density at radius 3 is 2.72 bits per heavy atom. The summed E-state index contributed by atoms with van der Waals surface area (Å²) in [5, 5.41) is 0. The van der Waals surface area contributed by atoms with Crippen molar-refractivity contribution in [1.29, 1.82) is 0 Å². The fraction of sp³-hybridized carbons (Fsp3) is 0.529. The number of allylic oxidation sites excluding steroid dienone is 1. The molecule has 0 amide bonds. The maximum atomic E-state index is 2.64. The molecule has 96 valence electrons. The van der Waals surface area contributed by atoms with Crippen molar-refractivity contribution in [3.63, 3.8) is 0 Å². The van der Waals surface area contributed by atoms with Crippen LogP contribution in [0.5, 0.6) is 0 Å². The molecule has 1 aromatic rings. The first-order valence-electron chi connectivity index (χ1n) is 7.35. The molecule has 0 bridgehead atoms. The van der Waals surface area contributed by atoms with Crippen molar-refractivity contribution in [2.75, 3.05) is 19.6 Å². The molecule has 1 nitrogen and oxygen atoms in total. The van der Waals surface area contributed by atoms with Gasteiger partial charge in [0.05, 0.1) is 0 Å². The molecule has 3 rings (SSSR count). The Labute approximate surface area is 111 Å². The summed E-state index contributed by atoms with van der Waals surface area (Å²) in [5.41, 5.74) is 3.37. The summed E-state index contributed by atoms with van der Waals surface area (Å²) in [4.78, 5) is 2.64. The summed E-state index contributed by atoms with van der Waals surface area (Å²) in [6.07, 6.45) is 10.0. The van der Waals surface area contributed by atoms with Crippen LogP contribution in [0.15, 0.2) is 30.3 Å². The second-order valence-corrected chi connectivity index (χ2v) is 5.77. The maximum Gasteiger partial charge on any atom is 0.0165 e. The molecular weight excluding hydrogens is 218 g/mol. The lowest BCUT2D eigenvalue weighted by molar-refractivity contribution is 0.182. The van der Waals surface area contributed by atoms with E-state index >= 15 is 0 Å². The van der Waals surface area contributed by atoms with Crippen molar-refractivity contribution >= 4 is 6.08 Å². The molecular formula is C17H23N. The molecule has 1 fully saturated rings. The fourth-order valence-electron chi connectivity index (χ4n) is 3.43. The lowest BCUT2D eigenvalue weighted by atomic mass is 9.74. The number of rotatable bonds is 3. The highest BCUT2D eigenvalue weighted by Crippen LogP contribution is 2.43. The summed E-state index contributed by atoms with van der Waals surface area (Å²) in [5.74, 6) is 0. The minimum Gasteiger partial charge on any atom is -0.303 e. The van der Waals surface area contributed by atoms with E-state index in [9.17, 15) is 0 Å². The van der Waals surface area contributed by atoms with E-state index in [0.717, 1.165) is 0 Å². The smallest absolute Gasteiger partial charge is 0.0165 e. The molecule has 2 aliphatic rings. The van der Waals surface area contributed by atoms with E-state index in [1.54, 1.807) is 5.56 Å². The molecule has 1 heterocycles. The summed E-state index contributed by atoms with van der Waals surface area (Å²) in [7, 11) is 0. The Kier molecular flexibility index (Phi) is 3.25. The largest absolute Gasteiger partial charge is 0.303 e. The Balaban J connectivity index is 1.71. The van der Waals surface area contributed by atoms with Crippen LogP contribution in [0.3, 0.4) is 0 Å². The highest BCUT2D eigenvalue weighted by molar-refractivity contribution is 5.65. The van der Waals surface area contributed by atoms with Crippen molar-refractivity contribution in [3.8, 4) is 0 Å². The second kappa shape index (κ2) is 4.89. The molecule has 1 aliphatic carbocycles. The van der Waals surface area contributed by atoms with Gasteiger partial charge >= 0.3 is 0 Å². The molecule has 0 atom stereocenters. The summed E-state index contributed by atoms with van der Waals surface area (Å²) in [6.45, 7) is 6.09. The maximum absolute atomic E-state index is 2.64. The van der Waals surface area contributed by atoms with E-state index in [0.29, 0.717) is 5.41 Å². The molecule has 1 saturated heterocycles. The zero-order valence-corrected chi connectivity index (χ0v) is 11.4. The van der Waals surface area contributed by atoms with E-state index < -0.39 is 0 Å². The molecule has 18 heavy (non-hydrogen) atoms. The van der Waals surface area contributed by atoms with Crippen LogP contribution in [0.2, 0.25) is 0 Å². The van der Waals surface area contributed by atoms with Crippen LogP contribution in [0.1, 0.15) is 43.7 Å². The summed E-state index contributed by atoms with van der Waals surface area (Å²) >= 11 is 0. The van der Waals surface area contributed by atoms with Crippen molar-refractivity contribution in [3.05, 3.63) is 41.5 Å². The van der Waals surface area contributed by atoms with E-state index in [4.69, 9.17) is 0 Å². The molecule has 1 aromatic carbocycles. The average molecular weight is 241 g/mol. The monoisotopic (exact) mass is 241 g/mol. The molecule has 0 saturated carbocycles. The second-order valence-electron chi connectivity index (χ2n) is 5.77. The Morgan fingerprint density at radius 1 is 1.17 bits per heavy atom. The van der Waals surface area contributed by atoms with Crippen LogP contribution >= 0.6 is 0 Å². The standard InChI is InChI=1S/C17H23N/c1-2-3-12-18-13-10-17(11-14-18)9-8-15-6-4-5-7-16(15)17/h4-9H,2-3,10-14H2,1H3. The Morgan fingerprint density at radius 2 is 1.94 bits per heavy atom. The third kappa shape index (κ3) is 2.01. The molecule has 0 aromatic heterocycles. The minimum atomic E-state index is 0.360. The first kappa shape index (κ1) is 12.0. The van der Waals surface area contributed by atoms with Gasteiger partial charge in [0.2, 0.25) is 0 Å². The third-order valence-electron chi connectivity index (χ3n) is 4.66. The van der Waals surface area contributed by atoms with Crippen molar-refractivity contribution in [2.24, 2.45) is 0 Å². The highest BCUT2D eigenvalue weighted by atomic mass is 15.1. The van der Waals surface area contributed by atoms with Gasteiger partial charge in [-0.3, -0.25) is 0 Å². The number of piperidine rings is 1. The van der Waals surface area contributed by atoms with Gasteiger partial charge < -0.3 is 4.90 Å². The van der Waals surface area contributed by atoms with Crippen LogP contribution in [-0.4, -0.2) is 24.5 Å². The number of likely N-dealkylation sites (tertiary alicyclic amines) is 1. The Hall–Kier alpha value is -1.08. The first-order valence-corrected chi connectivity index (χ1v) is 7.35. The average Bonchev–Trinajstić information content (AvgIpc) is 2.78. The quantitative estimate of drug-likeness (QED) is 0.777. The van der Waals surface area contributed by atoms with Gasteiger partial charge in [-0.1, -0.05) is 49.8 Å².